The van der Waals surface area contributed by atoms with Crippen molar-refractivity contribution in [3.63, 3.8) is 0 Å². The number of H-pyrrole nitrogens is 1. The fourth-order valence-electron chi connectivity index (χ4n) is 1.53. The van der Waals surface area contributed by atoms with Gasteiger partial charge >= 0.3 is 0 Å². The summed E-state index contributed by atoms with van der Waals surface area (Å²) < 4.78 is 4.27. The van der Waals surface area contributed by atoms with E-state index in [1.54, 1.807) is 15.6 Å². The molecule has 0 aliphatic heterocycles. The first kappa shape index (κ1) is 10.6. The largest absolute Gasteiger partial charge is 0.295 e. The maximum atomic E-state index is 8.53. The van der Waals surface area contributed by atoms with Crippen LogP contribution < -0.4 is 0 Å². The Morgan fingerprint density at radius 1 is 1.62 bits per heavy atom. The number of nitriles is 1. The highest BCUT2D eigenvalue weighted by atomic mass is 32.1. The third-order valence-electron chi connectivity index (χ3n) is 2.33. The molecule has 0 spiro atoms. The third kappa shape index (κ3) is 1.90. The standard InChI is InChI=1S/C10H11N5S/c1-14-9(3-5-12-14)8-7-10(16)15(13-8)6-2-4-11/h3,5,7,13H,2,6H2,1H3. The molecule has 0 aliphatic rings. The number of rotatable bonds is 3. The molecule has 0 atom stereocenters. The van der Waals surface area contributed by atoms with Crippen molar-refractivity contribution < 1.29 is 0 Å². The number of aromatic amines is 1. The lowest BCUT2D eigenvalue weighted by Crippen LogP contribution is -2.00. The van der Waals surface area contributed by atoms with E-state index in [1.165, 1.54) is 0 Å². The Balaban J connectivity index is 2.35. The number of aromatic nitrogens is 4. The van der Waals surface area contributed by atoms with Crippen LogP contribution in [0.25, 0.3) is 11.4 Å². The van der Waals surface area contributed by atoms with Crippen LogP contribution in [0.15, 0.2) is 18.3 Å². The topological polar surface area (TPSA) is 62.3 Å². The predicted octanol–water partition coefficient (Wildman–Crippen LogP) is 1.86. The summed E-state index contributed by atoms with van der Waals surface area (Å²) in [6, 6.07) is 5.88. The Kier molecular flexibility index (Phi) is 2.88. The molecule has 82 valence electrons. The van der Waals surface area contributed by atoms with E-state index in [1.807, 2.05) is 19.2 Å². The second kappa shape index (κ2) is 4.33. The zero-order chi connectivity index (χ0) is 11.5. The summed E-state index contributed by atoms with van der Waals surface area (Å²) in [5.74, 6) is 0. The van der Waals surface area contributed by atoms with Crippen LogP contribution in [0.5, 0.6) is 0 Å². The first-order chi connectivity index (χ1) is 7.72. The van der Waals surface area contributed by atoms with Crippen LogP contribution in [0.1, 0.15) is 6.42 Å². The summed E-state index contributed by atoms with van der Waals surface area (Å²) in [6.07, 6.45) is 2.18. The molecule has 0 bridgehead atoms. The number of nitrogens with one attached hydrogen (secondary N) is 1. The molecule has 2 aromatic heterocycles. The molecule has 1 N–H and O–H groups in total. The fourth-order valence-corrected chi connectivity index (χ4v) is 1.79. The predicted molar refractivity (Wildman–Crippen MR) is 62.0 cm³/mol. The zero-order valence-electron chi connectivity index (χ0n) is 8.84. The minimum Gasteiger partial charge on any atom is -0.295 e. The van der Waals surface area contributed by atoms with E-state index in [4.69, 9.17) is 17.5 Å². The van der Waals surface area contributed by atoms with Crippen molar-refractivity contribution in [3.8, 4) is 17.5 Å². The van der Waals surface area contributed by atoms with Crippen LogP contribution >= 0.6 is 12.2 Å². The highest BCUT2D eigenvalue weighted by molar-refractivity contribution is 7.71. The summed E-state index contributed by atoms with van der Waals surface area (Å²) in [5.41, 5.74) is 1.89. The number of hydrogen-bond acceptors (Lipinski definition) is 3. The number of nitrogens with zero attached hydrogens (tertiary/aromatic N) is 4. The van der Waals surface area contributed by atoms with Gasteiger partial charge in [0.25, 0.3) is 0 Å². The van der Waals surface area contributed by atoms with E-state index >= 15 is 0 Å². The monoisotopic (exact) mass is 233 g/mol. The molecule has 16 heavy (non-hydrogen) atoms. The summed E-state index contributed by atoms with van der Waals surface area (Å²) in [6.45, 7) is 0.590. The van der Waals surface area contributed by atoms with E-state index in [0.717, 1.165) is 11.4 Å². The van der Waals surface area contributed by atoms with Crippen LogP contribution in [0.2, 0.25) is 0 Å². The maximum absolute atomic E-state index is 8.53. The van der Waals surface area contributed by atoms with Gasteiger partial charge in [-0.25, -0.2) is 0 Å². The van der Waals surface area contributed by atoms with Crippen LogP contribution in [0.3, 0.4) is 0 Å². The Morgan fingerprint density at radius 3 is 3.06 bits per heavy atom. The van der Waals surface area contributed by atoms with E-state index in [0.29, 0.717) is 17.6 Å². The van der Waals surface area contributed by atoms with Gasteiger partial charge in [-0.3, -0.25) is 14.5 Å². The molecule has 2 heterocycles. The number of aryl methyl sites for hydroxylation is 2. The van der Waals surface area contributed by atoms with Crippen LogP contribution in [-0.2, 0) is 13.6 Å². The minimum atomic E-state index is 0.444. The zero-order valence-corrected chi connectivity index (χ0v) is 9.66. The quantitative estimate of drug-likeness (QED) is 0.823. The maximum Gasteiger partial charge on any atom is 0.122 e. The Labute approximate surface area is 97.9 Å². The van der Waals surface area contributed by atoms with Gasteiger partial charge in [0.2, 0.25) is 0 Å². The lowest BCUT2D eigenvalue weighted by atomic mass is 10.3. The van der Waals surface area contributed by atoms with Crippen LogP contribution in [0, 0.1) is 16.0 Å². The molecule has 5 nitrogen and oxygen atoms in total. The van der Waals surface area contributed by atoms with Gasteiger partial charge in [0, 0.05) is 19.3 Å². The molecular weight excluding hydrogens is 222 g/mol. The van der Waals surface area contributed by atoms with Gasteiger partial charge < -0.3 is 0 Å². The van der Waals surface area contributed by atoms with Crippen molar-refractivity contribution in [2.75, 3.05) is 0 Å². The summed E-state index contributed by atoms with van der Waals surface area (Å²) in [5, 5.41) is 15.8. The van der Waals surface area contributed by atoms with Crippen molar-refractivity contribution in [3.05, 3.63) is 23.0 Å². The first-order valence-electron chi connectivity index (χ1n) is 4.87. The van der Waals surface area contributed by atoms with E-state index in [9.17, 15) is 0 Å². The van der Waals surface area contributed by atoms with Gasteiger partial charge in [-0.2, -0.15) is 10.4 Å². The van der Waals surface area contributed by atoms with E-state index < -0.39 is 0 Å². The van der Waals surface area contributed by atoms with Crippen molar-refractivity contribution in [1.29, 1.82) is 5.26 Å². The second-order valence-electron chi connectivity index (χ2n) is 3.41. The molecule has 0 fully saturated rings. The molecule has 2 rings (SSSR count). The van der Waals surface area contributed by atoms with Crippen molar-refractivity contribution in [2.45, 2.75) is 13.0 Å². The average molecular weight is 233 g/mol. The lowest BCUT2D eigenvalue weighted by Gasteiger charge is -2.00. The summed E-state index contributed by atoms with van der Waals surface area (Å²) in [4.78, 5) is 0. The molecular formula is C10H11N5S. The molecule has 0 aliphatic carbocycles. The average Bonchev–Trinajstić information content (AvgIpc) is 2.82. The molecule has 0 aromatic carbocycles. The Bertz CT molecular complexity index is 583. The van der Waals surface area contributed by atoms with Gasteiger partial charge in [-0.15, -0.1) is 0 Å². The normalized spacial score (nSPS) is 10.2. The molecule has 0 unspecified atom stereocenters. The van der Waals surface area contributed by atoms with Crippen molar-refractivity contribution in [1.82, 2.24) is 19.6 Å². The Morgan fingerprint density at radius 2 is 2.44 bits per heavy atom. The minimum absolute atomic E-state index is 0.444. The van der Waals surface area contributed by atoms with Gasteiger partial charge in [0.1, 0.15) is 4.64 Å². The molecule has 2 aromatic rings. The molecule has 0 saturated carbocycles. The van der Waals surface area contributed by atoms with Gasteiger partial charge in [0.05, 0.1) is 30.4 Å². The van der Waals surface area contributed by atoms with Crippen LogP contribution in [0.4, 0.5) is 0 Å². The van der Waals surface area contributed by atoms with Gasteiger partial charge in [-0.05, 0) is 6.07 Å². The van der Waals surface area contributed by atoms with E-state index in [2.05, 4.69) is 16.3 Å². The van der Waals surface area contributed by atoms with Crippen molar-refractivity contribution in [2.24, 2.45) is 7.05 Å². The van der Waals surface area contributed by atoms with Gasteiger partial charge in [0.15, 0.2) is 0 Å². The van der Waals surface area contributed by atoms with Crippen LogP contribution in [-0.4, -0.2) is 19.6 Å². The SMILES string of the molecule is Cn1nccc1-c1cc(=S)n(CCC#N)[nH]1. The van der Waals surface area contributed by atoms with Gasteiger partial charge in [-0.1, -0.05) is 12.2 Å². The molecule has 6 heteroatoms. The smallest absolute Gasteiger partial charge is 0.122 e. The van der Waals surface area contributed by atoms with Crippen molar-refractivity contribution >= 4 is 12.2 Å². The third-order valence-corrected chi connectivity index (χ3v) is 2.67. The first-order valence-corrected chi connectivity index (χ1v) is 5.28. The summed E-state index contributed by atoms with van der Waals surface area (Å²) >= 11 is 5.20. The molecule has 0 amide bonds. The second-order valence-corrected chi connectivity index (χ2v) is 3.83. The fraction of sp³-hybridized carbons (Fsp3) is 0.300. The molecule has 0 radical (unpaired) electrons. The highest BCUT2D eigenvalue weighted by Crippen LogP contribution is 2.16. The Hall–Kier alpha value is -1.87. The van der Waals surface area contributed by atoms with E-state index in [-0.39, 0.29) is 0 Å². The molecule has 0 saturated heterocycles. The highest BCUT2D eigenvalue weighted by Gasteiger charge is 2.06. The number of hydrogen-bond donors (Lipinski definition) is 1. The summed E-state index contributed by atoms with van der Waals surface area (Å²) in [7, 11) is 1.87. The lowest BCUT2D eigenvalue weighted by molar-refractivity contribution is 0.620.